The Hall–Kier alpha value is -0.340. The number of nitrogens with one attached hydrogen (secondary N) is 1. The number of likely N-dealkylation sites (N-methyl/N-ethyl adjacent to an activating group) is 1. The molecule has 1 nitrogen and oxygen atoms in total. The van der Waals surface area contributed by atoms with E-state index in [0.717, 1.165) is 0 Å². The molecular formula is C13H18BrN. The van der Waals surface area contributed by atoms with Crippen LogP contribution in [0.2, 0.25) is 0 Å². The van der Waals surface area contributed by atoms with Gasteiger partial charge in [0, 0.05) is 15.9 Å². The lowest BCUT2D eigenvalue weighted by molar-refractivity contribution is 0.340. The lowest BCUT2D eigenvalue weighted by Crippen LogP contribution is -2.41. The van der Waals surface area contributed by atoms with E-state index in [1.807, 2.05) is 0 Å². The summed E-state index contributed by atoms with van der Waals surface area (Å²) in [5.41, 5.74) is 3.20. The van der Waals surface area contributed by atoms with Gasteiger partial charge in [-0.25, -0.2) is 0 Å². The van der Waals surface area contributed by atoms with Gasteiger partial charge in [0.2, 0.25) is 0 Å². The quantitative estimate of drug-likeness (QED) is 0.866. The normalized spacial score (nSPS) is 20.4. The molecule has 15 heavy (non-hydrogen) atoms. The highest BCUT2D eigenvalue weighted by atomic mass is 79.9. The van der Waals surface area contributed by atoms with Crippen molar-refractivity contribution in [1.82, 2.24) is 5.32 Å². The Bertz CT molecular complexity index is 371. The molecule has 0 fully saturated rings. The fourth-order valence-electron chi connectivity index (χ4n) is 2.53. The van der Waals surface area contributed by atoms with E-state index in [0.29, 0.717) is 5.92 Å². The first-order chi connectivity index (χ1) is 7.06. The molecule has 2 heteroatoms. The zero-order valence-electron chi connectivity index (χ0n) is 9.60. The predicted octanol–water partition coefficient (Wildman–Crippen LogP) is 3.48. The largest absolute Gasteiger partial charge is 0.314 e. The average Bonchev–Trinajstić information content (AvgIpc) is 2.63. The highest BCUT2D eigenvalue weighted by molar-refractivity contribution is 9.10. The van der Waals surface area contributed by atoms with Crippen molar-refractivity contribution < 1.29 is 0 Å². The predicted molar refractivity (Wildman–Crippen MR) is 68.3 cm³/mol. The first-order valence-corrected chi connectivity index (χ1v) is 6.32. The van der Waals surface area contributed by atoms with Crippen LogP contribution in [-0.4, -0.2) is 12.6 Å². The van der Waals surface area contributed by atoms with Crippen LogP contribution in [0.1, 0.15) is 37.3 Å². The molecule has 0 aliphatic heterocycles. The monoisotopic (exact) mass is 267 g/mol. The van der Waals surface area contributed by atoms with Crippen LogP contribution in [0.25, 0.3) is 0 Å². The number of benzene rings is 1. The van der Waals surface area contributed by atoms with Crippen LogP contribution in [0.4, 0.5) is 0 Å². The van der Waals surface area contributed by atoms with Gasteiger partial charge in [-0.15, -0.1) is 0 Å². The number of hydrogen-bond acceptors (Lipinski definition) is 1. The summed E-state index contributed by atoms with van der Waals surface area (Å²) in [7, 11) is 2.05. The van der Waals surface area contributed by atoms with Crippen LogP contribution in [0, 0.1) is 0 Å². The highest BCUT2D eigenvalue weighted by Gasteiger charge is 2.35. The Balaban J connectivity index is 2.44. The average molecular weight is 268 g/mol. The molecule has 0 saturated carbocycles. The van der Waals surface area contributed by atoms with E-state index in [1.54, 1.807) is 0 Å². The highest BCUT2D eigenvalue weighted by Crippen LogP contribution is 2.43. The van der Waals surface area contributed by atoms with Crippen LogP contribution in [0.3, 0.4) is 0 Å². The molecule has 0 heterocycles. The molecular weight excluding hydrogens is 250 g/mol. The minimum absolute atomic E-state index is 0.176. The van der Waals surface area contributed by atoms with Crippen molar-refractivity contribution in [3.05, 3.63) is 33.8 Å². The van der Waals surface area contributed by atoms with Crippen molar-refractivity contribution in [2.45, 2.75) is 38.1 Å². The van der Waals surface area contributed by atoms with E-state index in [1.165, 1.54) is 28.4 Å². The minimum Gasteiger partial charge on any atom is -0.314 e. The third-order valence-electron chi connectivity index (χ3n) is 3.71. The lowest BCUT2D eigenvalue weighted by atomic mass is 9.83. The van der Waals surface area contributed by atoms with Gasteiger partial charge in [0.05, 0.1) is 0 Å². The molecule has 2 rings (SSSR count). The molecule has 1 N–H and O–H groups in total. The van der Waals surface area contributed by atoms with Crippen LogP contribution < -0.4 is 5.32 Å². The zero-order chi connectivity index (χ0) is 11.1. The van der Waals surface area contributed by atoms with Crippen LogP contribution in [0.15, 0.2) is 22.7 Å². The standard InChI is InChI=1S/C13H18BrN/c1-13(2,15-3)10-8-7-9-5-4-6-11(14)12(9)10/h4-6,10,15H,7-8H2,1-3H3. The lowest BCUT2D eigenvalue weighted by Gasteiger charge is -2.32. The van der Waals surface area contributed by atoms with Crippen molar-refractivity contribution in [2.75, 3.05) is 7.05 Å². The summed E-state index contributed by atoms with van der Waals surface area (Å²) in [5.74, 6) is 0.619. The maximum atomic E-state index is 3.68. The Morgan fingerprint density at radius 2 is 2.13 bits per heavy atom. The topological polar surface area (TPSA) is 12.0 Å². The molecule has 1 atom stereocenters. The Morgan fingerprint density at radius 1 is 1.40 bits per heavy atom. The molecule has 0 spiro atoms. The third-order valence-corrected chi connectivity index (χ3v) is 4.40. The minimum atomic E-state index is 0.176. The first-order valence-electron chi connectivity index (χ1n) is 5.52. The summed E-state index contributed by atoms with van der Waals surface area (Å²) in [4.78, 5) is 0. The SMILES string of the molecule is CNC(C)(C)C1CCc2cccc(Br)c21. The summed E-state index contributed by atoms with van der Waals surface area (Å²) in [6.07, 6.45) is 2.47. The van der Waals surface area contributed by atoms with Gasteiger partial charge in [-0.1, -0.05) is 28.1 Å². The molecule has 1 unspecified atom stereocenters. The molecule has 1 aromatic carbocycles. The van der Waals surface area contributed by atoms with Gasteiger partial charge in [0.25, 0.3) is 0 Å². The molecule has 0 bridgehead atoms. The summed E-state index contributed by atoms with van der Waals surface area (Å²) >= 11 is 3.68. The Morgan fingerprint density at radius 3 is 2.80 bits per heavy atom. The molecule has 0 saturated heterocycles. The van der Waals surface area contributed by atoms with Crippen LogP contribution in [-0.2, 0) is 6.42 Å². The van der Waals surface area contributed by atoms with E-state index >= 15 is 0 Å². The number of halogens is 1. The maximum Gasteiger partial charge on any atom is 0.0213 e. The van der Waals surface area contributed by atoms with Crippen LogP contribution in [0.5, 0.6) is 0 Å². The van der Waals surface area contributed by atoms with Gasteiger partial charge in [0.15, 0.2) is 0 Å². The van der Waals surface area contributed by atoms with Gasteiger partial charge in [0.1, 0.15) is 0 Å². The van der Waals surface area contributed by atoms with Gasteiger partial charge >= 0.3 is 0 Å². The van der Waals surface area contributed by atoms with Gasteiger partial charge in [-0.2, -0.15) is 0 Å². The second-order valence-corrected chi connectivity index (χ2v) is 5.73. The molecule has 82 valence electrons. The number of fused-ring (bicyclic) bond motifs is 1. The van der Waals surface area contributed by atoms with E-state index in [9.17, 15) is 0 Å². The van der Waals surface area contributed by atoms with E-state index in [-0.39, 0.29) is 5.54 Å². The Labute approximate surface area is 100 Å². The van der Waals surface area contributed by atoms with Gasteiger partial charge < -0.3 is 5.32 Å². The molecule has 1 aliphatic rings. The Kier molecular flexibility index (Phi) is 2.91. The second kappa shape index (κ2) is 3.91. The smallest absolute Gasteiger partial charge is 0.0213 e. The van der Waals surface area contributed by atoms with Crippen molar-refractivity contribution >= 4 is 15.9 Å². The maximum absolute atomic E-state index is 3.68. The zero-order valence-corrected chi connectivity index (χ0v) is 11.2. The molecule has 0 amide bonds. The van der Waals surface area contributed by atoms with Gasteiger partial charge in [-0.3, -0.25) is 0 Å². The van der Waals surface area contributed by atoms with Crippen LogP contribution >= 0.6 is 15.9 Å². The fraction of sp³-hybridized carbons (Fsp3) is 0.538. The van der Waals surface area contributed by atoms with Gasteiger partial charge in [-0.05, 0) is 50.9 Å². The second-order valence-electron chi connectivity index (χ2n) is 4.88. The summed E-state index contributed by atoms with van der Waals surface area (Å²) in [5, 5.41) is 3.43. The molecule has 0 radical (unpaired) electrons. The summed E-state index contributed by atoms with van der Waals surface area (Å²) in [6, 6.07) is 6.55. The van der Waals surface area contributed by atoms with E-state index in [2.05, 4.69) is 60.3 Å². The number of aryl methyl sites for hydroxylation is 1. The first kappa shape index (κ1) is 11.2. The number of rotatable bonds is 2. The summed E-state index contributed by atoms with van der Waals surface area (Å²) < 4.78 is 1.27. The van der Waals surface area contributed by atoms with Crippen molar-refractivity contribution in [1.29, 1.82) is 0 Å². The number of hydrogen-bond donors (Lipinski definition) is 1. The molecule has 0 aromatic heterocycles. The third kappa shape index (κ3) is 1.85. The molecule has 1 aromatic rings. The van der Waals surface area contributed by atoms with E-state index < -0.39 is 0 Å². The van der Waals surface area contributed by atoms with Crippen molar-refractivity contribution in [3.8, 4) is 0 Å². The van der Waals surface area contributed by atoms with Crippen molar-refractivity contribution in [3.63, 3.8) is 0 Å². The summed E-state index contributed by atoms with van der Waals surface area (Å²) in [6.45, 7) is 4.57. The van der Waals surface area contributed by atoms with E-state index in [4.69, 9.17) is 0 Å². The molecule has 1 aliphatic carbocycles. The van der Waals surface area contributed by atoms with Crippen molar-refractivity contribution in [2.24, 2.45) is 0 Å². The fourth-order valence-corrected chi connectivity index (χ4v) is 3.21.